The van der Waals surface area contributed by atoms with Crippen molar-refractivity contribution in [2.75, 3.05) is 17.2 Å². The van der Waals surface area contributed by atoms with Crippen LogP contribution in [0.25, 0.3) is 0 Å². The van der Waals surface area contributed by atoms with Crippen molar-refractivity contribution in [3.63, 3.8) is 0 Å². The van der Waals surface area contributed by atoms with Crippen molar-refractivity contribution in [3.8, 4) is 0 Å². The second-order valence-corrected chi connectivity index (χ2v) is 10.8. The summed E-state index contributed by atoms with van der Waals surface area (Å²) in [6.45, 7) is 0.858. The number of anilines is 1. The van der Waals surface area contributed by atoms with E-state index in [0.717, 1.165) is 24.0 Å². The Kier molecular flexibility index (Phi) is 5.97. The Morgan fingerprint density at radius 1 is 1.13 bits per heavy atom. The third-order valence-corrected chi connectivity index (χ3v) is 7.63. The van der Waals surface area contributed by atoms with Crippen molar-refractivity contribution in [2.45, 2.75) is 37.1 Å². The summed E-state index contributed by atoms with van der Waals surface area (Å²) in [4.78, 5) is 26.7. The first kappa shape index (κ1) is 21.1. The van der Waals surface area contributed by atoms with Crippen molar-refractivity contribution in [3.05, 3.63) is 58.1 Å². The van der Waals surface area contributed by atoms with Gasteiger partial charge >= 0.3 is 0 Å². The zero-order valence-electron chi connectivity index (χ0n) is 16.4. The lowest BCUT2D eigenvalue weighted by molar-refractivity contribution is -0.121. The van der Waals surface area contributed by atoms with Crippen LogP contribution in [0.5, 0.6) is 0 Å². The van der Waals surface area contributed by atoms with E-state index in [1.807, 2.05) is 36.4 Å². The SMILES string of the molecule is O=C(CCS(=O)(=O)c1cc(Br)cc2c1N(C(=O)C1CC1)CC2)NCc1ccccc1. The molecule has 0 radical (unpaired) electrons. The van der Waals surface area contributed by atoms with Gasteiger partial charge in [0.1, 0.15) is 0 Å². The average Bonchev–Trinajstić information content (AvgIpc) is 3.50. The second kappa shape index (κ2) is 8.51. The molecule has 1 aliphatic heterocycles. The maximum absolute atomic E-state index is 13.1. The topological polar surface area (TPSA) is 83.6 Å². The number of nitrogens with one attached hydrogen (secondary N) is 1. The molecule has 158 valence electrons. The van der Waals surface area contributed by atoms with Gasteiger partial charge in [0.15, 0.2) is 9.84 Å². The van der Waals surface area contributed by atoms with Gasteiger partial charge in [0.2, 0.25) is 11.8 Å². The summed E-state index contributed by atoms with van der Waals surface area (Å²) in [6, 6.07) is 12.9. The van der Waals surface area contributed by atoms with Gasteiger partial charge in [-0.2, -0.15) is 0 Å². The zero-order chi connectivity index (χ0) is 21.3. The molecule has 1 heterocycles. The molecular formula is C22H23BrN2O4S. The Labute approximate surface area is 184 Å². The minimum Gasteiger partial charge on any atom is -0.352 e. The summed E-state index contributed by atoms with van der Waals surface area (Å²) >= 11 is 3.39. The minimum absolute atomic E-state index is 0.00752. The van der Waals surface area contributed by atoms with Gasteiger partial charge in [0.25, 0.3) is 0 Å². The highest BCUT2D eigenvalue weighted by Gasteiger charge is 2.39. The zero-order valence-corrected chi connectivity index (χ0v) is 18.8. The number of fused-ring (bicyclic) bond motifs is 1. The van der Waals surface area contributed by atoms with Crippen LogP contribution in [0.3, 0.4) is 0 Å². The van der Waals surface area contributed by atoms with Gasteiger partial charge in [-0.25, -0.2) is 8.42 Å². The van der Waals surface area contributed by atoms with Gasteiger partial charge in [0.05, 0.1) is 16.3 Å². The molecule has 0 unspecified atom stereocenters. The van der Waals surface area contributed by atoms with Gasteiger partial charge in [0, 0.05) is 29.9 Å². The molecule has 1 saturated carbocycles. The summed E-state index contributed by atoms with van der Waals surface area (Å²) in [7, 11) is -3.74. The number of halogens is 1. The number of nitrogens with zero attached hydrogens (tertiary/aromatic N) is 1. The molecule has 0 bridgehead atoms. The standard InChI is InChI=1S/C22H23BrN2O4S/c23-18-12-17-8-10-25(22(27)16-6-7-16)21(17)19(13-18)30(28,29)11-9-20(26)24-14-15-4-2-1-3-5-15/h1-5,12-13,16H,6-11,14H2,(H,24,26). The molecule has 30 heavy (non-hydrogen) atoms. The van der Waals surface area contributed by atoms with Gasteiger partial charge in [-0.3, -0.25) is 9.59 Å². The molecule has 8 heteroatoms. The molecule has 1 fully saturated rings. The highest BCUT2D eigenvalue weighted by Crippen LogP contribution is 2.41. The lowest BCUT2D eigenvalue weighted by Gasteiger charge is -2.20. The number of hydrogen-bond acceptors (Lipinski definition) is 4. The molecule has 0 saturated heterocycles. The molecule has 2 amide bonds. The van der Waals surface area contributed by atoms with Crippen LogP contribution in [-0.2, 0) is 32.4 Å². The highest BCUT2D eigenvalue weighted by molar-refractivity contribution is 9.10. The van der Waals surface area contributed by atoms with Gasteiger partial charge < -0.3 is 10.2 Å². The Morgan fingerprint density at radius 2 is 1.87 bits per heavy atom. The molecule has 0 aromatic heterocycles. The van der Waals surface area contributed by atoms with Crippen LogP contribution >= 0.6 is 15.9 Å². The molecule has 1 aliphatic carbocycles. The summed E-state index contributed by atoms with van der Waals surface area (Å²) in [5.41, 5.74) is 2.30. The van der Waals surface area contributed by atoms with Gasteiger partial charge in [-0.15, -0.1) is 0 Å². The summed E-state index contributed by atoms with van der Waals surface area (Å²) in [5, 5.41) is 2.76. The lowest BCUT2D eigenvalue weighted by atomic mass is 10.2. The number of carbonyl (C=O) groups excluding carboxylic acids is 2. The normalized spacial score (nSPS) is 15.7. The number of rotatable bonds is 7. The van der Waals surface area contributed by atoms with E-state index in [0.29, 0.717) is 29.7 Å². The van der Waals surface area contributed by atoms with E-state index in [1.165, 1.54) is 0 Å². The van der Waals surface area contributed by atoms with E-state index in [2.05, 4.69) is 21.2 Å². The molecular weight excluding hydrogens is 468 g/mol. The second-order valence-electron chi connectivity index (χ2n) is 7.76. The van der Waals surface area contributed by atoms with Gasteiger partial charge in [-0.1, -0.05) is 46.3 Å². The predicted octanol–water partition coefficient (Wildman–Crippen LogP) is 3.23. The fraction of sp³-hybridized carbons (Fsp3) is 0.364. The van der Waals surface area contributed by atoms with Gasteiger partial charge in [-0.05, 0) is 42.5 Å². The van der Waals surface area contributed by atoms with Crippen LogP contribution in [0, 0.1) is 5.92 Å². The maximum Gasteiger partial charge on any atom is 0.230 e. The Morgan fingerprint density at radius 3 is 2.57 bits per heavy atom. The summed E-state index contributed by atoms with van der Waals surface area (Å²) in [5.74, 6) is -0.603. The molecule has 2 aliphatic rings. The smallest absolute Gasteiger partial charge is 0.230 e. The third-order valence-electron chi connectivity index (χ3n) is 5.45. The fourth-order valence-electron chi connectivity index (χ4n) is 3.70. The Bertz CT molecular complexity index is 1080. The minimum atomic E-state index is -3.74. The van der Waals surface area contributed by atoms with Crippen molar-refractivity contribution >= 4 is 43.3 Å². The maximum atomic E-state index is 13.1. The van der Waals surface area contributed by atoms with E-state index >= 15 is 0 Å². The predicted molar refractivity (Wildman–Crippen MR) is 118 cm³/mol. The number of benzene rings is 2. The molecule has 4 rings (SSSR count). The first-order chi connectivity index (χ1) is 14.3. The van der Waals surface area contributed by atoms with E-state index in [1.54, 1.807) is 11.0 Å². The molecule has 2 aromatic carbocycles. The van der Waals surface area contributed by atoms with E-state index < -0.39 is 9.84 Å². The first-order valence-corrected chi connectivity index (χ1v) is 12.5. The van der Waals surface area contributed by atoms with Crippen molar-refractivity contribution in [2.24, 2.45) is 5.92 Å². The van der Waals surface area contributed by atoms with E-state index in [-0.39, 0.29) is 34.8 Å². The van der Waals surface area contributed by atoms with Crippen LogP contribution in [0.15, 0.2) is 51.8 Å². The van der Waals surface area contributed by atoms with Crippen molar-refractivity contribution in [1.82, 2.24) is 5.32 Å². The molecule has 6 nitrogen and oxygen atoms in total. The summed E-state index contributed by atoms with van der Waals surface area (Å²) < 4.78 is 26.9. The Hall–Kier alpha value is -2.19. The number of hydrogen-bond donors (Lipinski definition) is 1. The van der Waals surface area contributed by atoms with Crippen molar-refractivity contribution < 1.29 is 18.0 Å². The lowest BCUT2D eigenvalue weighted by Crippen LogP contribution is -2.31. The largest absolute Gasteiger partial charge is 0.352 e. The monoisotopic (exact) mass is 490 g/mol. The van der Waals surface area contributed by atoms with Crippen LogP contribution < -0.4 is 10.2 Å². The highest BCUT2D eigenvalue weighted by atomic mass is 79.9. The fourth-order valence-corrected chi connectivity index (χ4v) is 5.87. The molecule has 0 atom stereocenters. The van der Waals surface area contributed by atoms with E-state index in [4.69, 9.17) is 0 Å². The molecule has 0 spiro atoms. The molecule has 1 N–H and O–H groups in total. The Balaban J connectivity index is 1.49. The first-order valence-electron chi connectivity index (χ1n) is 10.0. The van der Waals surface area contributed by atoms with E-state index in [9.17, 15) is 18.0 Å². The number of amides is 2. The summed E-state index contributed by atoms with van der Waals surface area (Å²) in [6.07, 6.45) is 2.23. The average molecular weight is 491 g/mol. The quantitative estimate of drug-likeness (QED) is 0.645. The molecule has 2 aromatic rings. The number of sulfone groups is 1. The third kappa shape index (κ3) is 4.59. The number of carbonyl (C=O) groups is 2. The van der Waals surface area contributed by atoms with Crippen LogP contribution in [-0.4, -0.2) is 32.5 Å². The van der Waals surface area contributed by atoms with Crippen LogP contribution in [0.2, 0.25) is 0 Å². The van der Waals surface area contributed by atoms with Crippen LogP contribution in [0.1, 0.15) is 30.4 Å². The van der Waals surface area contributed by atoms with Crippen molar-refractivity contribution in [1.29, 1.82) is 0 Å². The van der Waals surface area contributed by atoms with Crippen LogP contribution in [0.4, 0.5) is 5.69 Å².